The minimum Gasteiger partial charge on any atom is -0.323 e. The fourth-order valence-corrected chi connectivity index (χ4v) is 1.90. The van der Waals surface area contributed by atoms with E-state index < -0.39 is 0 Å². The van der Waals surface area contributed by atoms with E-state index in [4.69, 9.17) is 11.6 Å². The molecule has 1 saturated heterocycles. The molecule has 16 heavy (non-hydrogen) atoms. The summed E-state index contributed by atoms with van der Waals surface area (Å²) in [6.45, 7) is 3.55. The van der Waals surface area contributed by atoms with Crippen molar-refractivity contribution in [3.8, 4) is 0 Å². The van der Waals surface area contributed by atoms with Crippen LogP contribution < -0.4 is 10.6 Å². The Hall–Kier alpha value is -1.13. The van der Waals surface area contributed by atoms with E-state index in [1.165, 1.54) is 0 Å². The highest BCUT2D eigenvalue weighted by molar-refractivity contribution is 6.32. The van der Waals surface area contributed by atoms with Crippen LogP contribution in [0.1, 0.15) is 12.0 Å². The van der Waals surface area contributed by atoms with Gasteiger partial charge in [-0.3, -0.25) is 4.79 Å². The largest absolute Gasteiger partial charge is 0.323 e. The molecule has 0 saturated carbocycles. The Morgan fingerprint density at radius 3 is 3.19 bits per heavy atom. The first-order valence-corrected chi connectivity index (χ1v) is 5.68. The average Bonchev–Trinajstić information content (AvgIpc) is 2.76. The highest BCUT2D eigenvalue weighted by atomic mass is 35.5. The molecule has 86 valence electrons. The third-order valence-electron chi connectivity index (χ3n) is 2.66. The second kappa shape index (κ2) is 4.80. The van der Waals surface area contributed by atoms with Crippen molar-refractivity contribution in [1.82, 2.24) is 10.3 Å². The average molecular weight is 240 g/mol. The molecular weight excluding hydrogens is 226 g/mol. The number of carbonyl (C=O) groups excluding carboxylic acids is 1. The maximum absolute atomic E-state index is 11.8. The molecule has 2 N–H and O–H groups in total. The zero-order valence-electron chi connectivity index (χ0n) is 9.09. The first-order valence-electron chi connectivity index (χ1n) is 5.30. The lowest BCUT2D eigenvalue weighted by molar-refractivity contribution is -0.119. The zero-order chi connectivity index (χ0) is 11.5. The number of halogens is 1. The van der Waals surface area contributed by atoms with Crippen molar-refractivity contribution in [3.63, 3.8) is 0 Å². The van der Waals surface area contributed by atoms with E-state index in [0.29, 0.717) is 10.8 Å². The molecule has 1 aromatic rings. The van der Waals surface area contributed by atoms with Gasteiger partial charge in [0, 0.05) is 12.7 Å². The number of nitrogens with one attached hydrogen (secondary N) is 2. The Morgan fingerprint density at radius 2 is 2.50 bits per heavy atom. The summed E-state index contributed by atoms with van der Waals surface area (Å²) in [5.74, 6) is 0.0517. The van der Waals surface area contributed by atoms with E-state index in [1.807, 2.05) is 13.0 Å². The van der Waals surface area contributed by atoms with Gasteiger partial charge in [-0.25, -0.2) is 4.98 Å². The van der Waals surface area contributed by atoms with Crippen LogP contribution in [0.25, 0.3) is 0 Å². The van der Waals surface area contributed by atoms with Gasteiger partial charge >= 0.3 is 0 Å². The number of aryl methyl sites for hydroxylation is 1. The molecule has 1 atom stereocenters. The summed E-state index contributed by atoms with van der Waals surface area (Å²) in [5.41, 5.74) is 1.57. The van der Waals surface area contributed by atoms with Crippen LogP contribution in [-0.2, 0) is 4.79 Å². The number of nitrogens with zero attached hydrogens (tertiary/aromatic N) is 1. The van der Waals surface area contributed by atoms with Crippen molar-refractivity contribution in [1.29, 1.82) is 0 Å². The van der Waals surface area contributed by atoms with E-state index in [0.717, 1.165) is 25.1 Å². The van der Waals surface area contributed by atoms with E-state index in [9.17, 15) is 4.79 Å². The van der Waals surface area contributed by atoms with Crippen molar-refractivity contribution in [2.45, 2.75) is 13.3 Å². The molecule has 2 heterocycles. The molecule has 0 spiro atoms. The summed E-state index contributed by atoms with van der Waals surface area (Å²) in [6, 6.07) is 1.83. The van der Waals surface area contributed by atoms with Gasteiger partial charge in [-0.05, 0) is 31.5 Å². The summed E-state index contributed by atoms with van der Waals surface area (Å²) in [7, 11) is 0. The SMILES string of the molecule is Cc1cnc(Cl)c(NC(=O)C2CCNC2)c1. The third-order valence-corrected chi connectivity index (χ3v) is 2.97. The van der Waals surface area contributed by atoms with Crippen molar-refractivity contribution in [2.75, 3.05) is 18.4 Å². The Bertz CT molecular complexity index is 402. The van der Waals surface area contributed by atoms with Gasteiger partial charge in [-0.1, -0.05) is 11.6 Å². The van der Waals surface area contributed by atoms with Crippen LogP contribution >= 0.6 is 11.6 Å². The molecule has 1 amide bonds. The molecule has 1 aromatic heterocycles. The van der Waals surface area contributed by atoms with Crippen LogP contribution in [0, 0.1) is 12.8 Å². The van der Waals surface area contributed by atoms with E-state index >= 15 is 0 Å². The quantitative estimate of drug-likeness (QED) is 0.771. The van der Waals surface area contributed by atoms with Crippen LogP contribution in [0.2, 0.25) is 5.15 Å². The summed E-state index contributed by atoms with van der Waals surface area (Å²) < 4.78 is 0. The molecule has 0 aromatic carbocycles. The number of rotatable bonds is 2. The lowest BCUT2D eigenvalue weighted by atomic mass is 10.1. The van der Waals surface area contributed by atoms with Gasteiger partial charge in [-0.2, -0.15) is 0 Å². The Labute approximate surface area is 99.4 Å². The fraction of sp³-hybridized carbons (Fsp3) is 0.455. The lowest BCUT2D eigenvalue weighted by Gasteiger charge is -2.11. The molecule has 4 nitrogen and oxygen atoms in total. The number of amides is 1. The molecule has 0 aliphatic carbocycles. The smallest absolute Gasteiger partial charge is 0.228 e. The molecule has 1 aliphatic rings. The first kappa shape index (κ1) is 11.4. The van der Waals surface area contributed by atoms with E-state index in [-0.39, 0.29) is 11.8 Å². The summed E-state index contributed by atoms with van der Waals surface area (Å²) in [6.07, 6.45) is 2.55. The summed E-state index contributed by atoms with van der Waals surface area (Å²) in [4.78, 5) is 15.8. The van der Waals surface area contributed by atoms with Gasteiger partial charge < -0.3 is 10.6 Å². The van der Waals surface area contributed by atoms with Gasteiger partial charge in [0.15, 0.2) is 5.15 Å². The zero-order valence-corrected chi connectivity index (χ0v) is 9.84. The van der Waals surface area contributed by atoms with Crippen molar-refractivity contribution >= 4 is 23.2 Å². The van der Waals surface area contributed by atoms with Crippen LogP contribution in [0.3, 0.4) is 0 Å². The Kier molecular flexibility index (Phi) is 3.41. The van der Waals surface area contributed by atoms with Crippen LogP contribution in [0.5, 0.6) is 0 Å². The topological polar surface area (TPSA) is 54.0 Å². The maximum atomic E-state index is 11.8. The first-order chi connectivity index (χ1) is 7.66. The van der Waals surface area contributed by atoms with E-state index in [2.05, 4.69) is 15.6 Å². The number of aromatic nitrogens is 1. The van der Waals surface area contributed by atoms with Gasteiger partial charge in [0.2, 0.25) is 5.91 Å². The number of pyridine rings is 1. The Morgan fingerprint density at radius 1 is 1.69 bits per heavy atom. The molecule has 0 bridgehead atoms. The van der Waals surface area contributed by atoms with Crippen molar-refractivity contribution in [3.05, 3.63) is 23.0 Å². The predicted molar refractivity (Wildman–Crippen MR) is 63.6 cm³/mol. The van der Waals surface area contributed by atoms with Crippen LogP contribution in [0.15, 0.2) is 12.3 Å². The highest BCUT2D eigenvalue weighted by Crippen LogP contribution is 2.21. The minimum absolute atomic E-state index is 0.0132. The lowest BCUT2D eigenvalue weighted by Crippen LogP contribution is -2.24. The number of carbonyl (C=O) groups is 1. The molecule has 1 aliphatic heterocycles. The fourth-order valence-electron chi connectivity index (χ4n) is 1.75. The molecule has 0 radical (unpaired) electrons. The molecule has 2 rings (SSSR count). The van der Waals surface area contributed by atoms with Gasteiger partial charge in [0.05, 0.1) is 11.6 Å². The van der Waals surface area contributed by atoms with Crippen molar-refractivity contribution in [2.24, 2.45) is 5.92 Å². The normalized spacial score (nSPS) is 19.8. The van der Waals surface area contributed by atoms with Crippen LogP contribution in [-0.4, -0.2) is 24.0 Å². The third kappa shape index (κ3) is 2.51. The molecule has 1 unspecified atom stereocenters. The number of hydrogen-bond donors (Lipinski definition) is 2. The van der Waals surface area contributed by atoms with Crippen LogP contribution in [0.4, 0.5) is 5.69 Å². The van der Waals surface area contributed by atoms with Crippen molar-refractivity contribution < 1.29 is 4.79 Å². The number of anilines is 1. The molecular formula is C11H14ClN3O. The molecule has 1 fully saturated rings. The van der Waals surface area contributed by atoms with Gasteiger partial charge in [0.25, 0.3) is 0 Å². The maximum Gasteiger partial charge on any atom is 0.228 e. The van der Waals surface area contributed by atoms with Gasteiger partial charge in [0.1, 0.15) is 0 Å². The standard InChI is InChI=1S/C11H14ClN3O/c1-7-4-9(10(12)14-5-7)15-11(16)8-2-3-13-6-8/h4-5,8,13H,2-3,6H2,1H3,(H,15,16). The van der Waals surface area contributed by atoms with E-state index in [1.54, 1.807) is 6.20 Å². The molecule has 5 heteroatoms. The second-order valence-electron chi connectivity index (χ2n) is 4.03. The highest BCUT2D eigenvalue weighted by Gasteiger charge is 2.22. The number of hydrogen-bond acceptors (Lipinski definition) is 3. The summed E-state index contributed by atoms with van der Waals surface area (Å²) >= 11 is 5.91. The predicted octanol–water partition coefficient (Wildman–Crippen LogP) is 1.59. The summed E-state index contributed by atoms with van der Waals surface area (Å²) in [5, 5.41) is 6.31. The Balaban J connectivity index is 2.07. The minimum atomic E-state index is 0.0132. The monoisotopic (exact) mass is 239 g/mol. The second-order valence-corrected chi connectivity index (χ2v) is 4.39. The van der Waals surface area contributed by atoms with Gasteiger partial charge in [-0.15, -0.1) is 0 Å².